The van der Waals surface area contributed by atoms with E-state index in [1.165, 1.54) is 0 Å². The van der Waals surface area contributed by atoms with E-state index in [4.69, 9.17) is 0 Å². The van der Waals surface area contributed by atoms with E-state index >= 15 is 0 Å². The Kier molecular flexibility index (Phi) is 3.25. The highest BCUT2D eigenvalue weighted by molar-refractivity contribution is 5.79. The fraction of sp³-hybridized carbons (Fsp3) is 0.250. The Hall–Kier alpha value is -2.56. The lowest BCUT2D eigenvalue weighted by molar-refractivity contribution is 0.474. The number of nitrogens with zero attached hydrogens (tertiary/aromatic N) is 4. The highest BCUT2D eigenvalue weighted by atomic mass is 16.3. The third kappa shape index (κ3) is 2.31. The summed E-state index contributed by atoms with van der Waals surface area (Å²) in [5.74, 6) is 1.14. The Morgan fingerprint density at radius 2 is 2.05 bits per heavy atom. The minimum atomic E-state index is 0.291. The number of pyridine rings is 1. The smallest absolute Gasteiger partial charge is 0.134 e. The van der Waals surface area contributed by atoms with Crippen LogP contribution in [-0.4, -0.2) is 26.7 Å². The molecule has 0 aliphatic heterocycles. The quantitative estimate of drug-likeness (QED) is 0.802. The Balaban J connectivity index is 2.07. The standard InChI is InChI=1S/C16H18N4O/c1-4-11-7-12(21)5-6-14(11)20(3)16-8-15-13(9-17-16)18-10-19(15)2/h5-10,21H,4H2,1-3H3. The fourth-order valence-corrected chi connectivity index (χ4v) is 2.51. The molecule has 108 valence electrons. The molecule has 2 aromatic heterocycles. The molecular weight excluding hydrogens is 264 g/mol. The normalized spacial score (nSPS) is 11.0. The van der Waals surface area contributed by atoms with E-state index in [0.717, 1.165) is 34.5 Å². The molecule has 3 rings (SSSR count). The van der Waals surface area contributed by atoms with Gasteiger partial charge in [-0.2, -0.15) is 0 Å². The molecule has 21 heavy (non-hydrogen) atoms. The Morgan fingerprint density at radius 1 is 1.24 bits per heavy atom. The SMILES string of the molecule is CCc1cc(O)ccc1N(C)c1cc2c(cn1)ncn2C. The number of benzene rings is 1. The van der Waals surface area contributed by atoms with Gasteiger partial charge in [-0.3, -0.25) is 0 Å². The minimum Gasteiger partial charge on any atom is -0.508 e. The van der Waals surface area contributed by atoms with Crippen LogP contribution in [0.15, 0.2) is 36.8 Å². The van der Waals surface area contributed by atoms with Gasteiger partial charge < -0.3 is 14.6 Å². The molecule has 0 amide bonds. The van der Waals surface area contributed by atoms with Crippen molar-refractivity contribution in [3.8, 4) is 5.75 Å². The van der Waals surface area contributed by atoms with Crippen LogP contribution in [0.3, 0.4) is 0 Å². The van der Waals surface area contributed by atoms with Crippen molar-refractivity contribution in [2.24, 2.45) is 7.05 Å². The van der Waals surface area contributed by atoms with Crippen molar-refractivity contribution in [1.82, 2.24) is 14.5 Å². The molecular formula is C16H18N4O. The largest absolute Gasteiger partial charge is 0.508 e. The van der Waals surface area contributed by atoms with E-state index in [-0.39, 0.29) is 0 Å². The summed E-state index contributed by atoms with van der Waals surface area (Å²) in [5.41, 5.74) is 4.06. The molecule has 1 aromatic carbocycles. The van der Waals surface area contributed by atoms with Crippen molar-refractivity contribution in [2.75, 3.05) is 11.9 Å². The lowest BCUT2D eigenvalue weighted by Crippen LogP contribution is -2.13. The first-order chi connectivity index (χ1) is 10.1. The lowest BCUT2D eigenvalue weighted by Gasteiger charge is -2.21. The van der Waals surface area contributed by atoms with Gasteiger partial charge in [0.25, 0.3) is 0 Å². The maximum atomic E-state index is 9.63. The van der Waals surface area contributed by atoms with Gasteiger partial charge in [0.15, 0.2) is 0 Å². The Bertz CT molecular complexity index is 794. The first-order valence-corrected chi connectivity index (χ1v) is 6.93. The average Bonchev–Trinajstić information content (AvgIpc) is 2.87. The number of aromatic hydroxyl groups is 1. The molecule has 5 heteroatoms. The first-order valence-electron chi connectivity index (χ1n) is 6.93. The van der Waals surface area contributed by atoms with Gasteiger partial charge in [-0.1, -0.05) is 6.92 Å². The average molecular weight is 282 g/mol. The van der Waals surface area contributed by atoms with Gasteiger partial charge in [0.05, 0.1) is 18.0 Å². The van der Waals surface area contributed by atoms with Crippen molar-refractivity contribution in [3.05, 3.63) is 42.4 Å². The maximum Gasteiger partial charge on any atom is 0.134 e. The second kappa shape index (κ2) is 5.09. The maximum absolute atomic E-state index is 9.63. The van der Waals surface area contributed by atoms with E-state index in [2.05, 4.69) is 16.9 Å². The monoisotopic (exact) mass is 282 g/mol. The molecule has 0 unspecified atom stereocenters. The number of fused-ring (bicyclic) bond motifs is 1. The molecule has 0 saturated heterocycles. The third-order valence-corrected chi connectivity index (χ3v) is 3.75. The van der Waals surface area contributed by atoms with E-state index < -0.39 is 0 Å². The third-order valence-electron chi connectivity index (χ3n) is 3.75. The summed E-state index contributed by atoms with van der Waals surface area (Å²) in [6.45, 7) is 2.07. The zero-order valence-corrected chi connectivity index (χ0v) is 12.4. The van der Waals surface area contributed by atoms with E-state index in [1.54, 1.807) is 24.7 Å². The lowest BCUT2D eigenvalue weighted by atomic mass is 10.1. The van der Waals surface area contributed by atoms with Crippen LogP contribution in [0.5, 0.6) is 5.75 Å². The molecule has 3 aromatic rings. The van der Waals surface area contributed by atoms with E-state index in [9.17, 15) is 5.11 Å². The van der Waals surface area contributed by atoms with Gasteiger partial charge in [0.1, 0.15) is 17.1 Å². The highest BCUT2D eigenvalue weighted by Crippen LogP contribution is 2.30. The highest BCUT2D eigenvalue weighted by Gasteiger charge is 2.12. The molecule has 0 saturated carbocycles. The predicted octanol–water partition coefficient (Wildman–Crippen LogP) is 3.00. The first kappa shape index (κ1) is 13.4. The molecule has 2 heterocycles. The zero-order chi connectivity index (χ0) is 15.0. The van der Waals surface area contributed by atoms with Crippen LogP contribution in [0.25, 0.3) is 11.0 Å². The topological polar surface area (TPSA) is 54.2 Å². The van der Waals surface area contributed by atoms with Crippen LogP contribution in [-0.2, 0) is 13.5 Å². The molecule has 0 radical (unpaired) electrons. The van der Waals surface area contributed by atoms with Crippen molar-refractivity contribution >= 4 is 22.5 Å². The van der Waals surface area contributed by atoms with Gasteiger partial charge in [-0.25, -0.2) is 9.97 Å². The summed E-state index contributed by atoms with van der Waals surface area (Å²) in [6, 6.07) is 7.44. The number of hydrogen-bond donors (Lipinski definition) is 1. The molecule has 0 bridgehead atoms. The number of anilines is 2. The summed E-state index contributed by atoms with van der Waals surface area (Å²) in [5, 5.41) is 9.63. The summed E-state index contributed by atoms with van der Waals surface area (Å²) in [6.07, 6.45) is 4.42. The van der Waals surface area contributed by atoms with Crippen molar-refractivity contribution in [1.29, 1.82) is 0 Å². The summed E-state index contributed by atoms with van der Waals surface area (Å²) in [4.78, 5) is 10.8. The molecule has 0 fully saturated rings. The number of hydrogen-bond acceptors (Lipinski definition) is 4. The van der Waals surface area contributed by atoms with Crippen molar-refractivity contribution in [2.45, 2.75) is 13.3 Å². The zero-order valence-electron chi connectivity index (χ0n) is 12.4. The fourth-order valence-electron chi connectivity index (χ4n) is 2.51. The Morgan fingerprint density at radius 3 is 2.81 bits per heavy atom. The molecule has 5 nitrogen and oxygen atoms in total. The second-order valence-electron chi connectivity index (χ2n) is 5.11. The minimum absolute atomic E-state index is 0.291. The van der Waals surface area contributed by atoms with Crippen molar-refractivity contribution < 1.29 is 5.11 Å². The van der Waals surface area contributed by atoms with Crippen LogP contribution < -0.4 is 4.90 Å². The summed E-state index contributed by atoms with van der Waals surface area (Å²) < 4.78 is 1.98. The number of aromatic nitrogens is 3. The molecule has 0 atom stereocenters. The van der Waals surface area contributed by atoms with Gasteiger partial charge in [-0.05, 0) is 30.2 Å². The van der Waals surface area contributed by atoms with E-state index in [1.807, 2.05) is 35.7 Å². The molecule has 0 aliphatic carbocycles. The van der Waals surface area contributed by atoms with Crippen LogP contribution in [0, 0.1) is 0 Å². The summed E-state index contributed by atoms with van der Waals surface area (Å²) in [7, 11) is 3.95. The number of aryl methyl sites for hydroxylation is 2. The van der Waals surface area contributed by atoms with Gasteiger partial charge >= 0.3 is 0 Å². The summed E-state index contributed by atoms with van der Waals surface area (Å²) >= 11 is 0. The number of phenolic OH excluding ortho intramolecular Hbond substituents is 1. The molecule has 0 aliphatic rings. The van der Waals surface area contributed by atoms with Gasteiger partial charge in [0, 0.05) is 25.8 Å². The molecule has 1 N–H and O–H groups in total. The van der Waals surface area contributed by atoms with Crippen LogP contribution in [0.2, 0.25) is 0 Å². The number of phenols is 1. The van der Waals surface area contributed by atoms with Crippen molar-refractivity contribution in [3.63, 3.8) is 0 Å². The molecule has 0 spiro atoms. The van der Waals surface area contributed by atoms with Crippen LogP contribution in [0.4, 0.5) is 11.5 Å². The van der Waals surface area contributed by atoms with Gasteiger partial charge in [0.2, 0.25) is 0 Å². The predicted molar refractivity (Wildman–Crippen MR) is 84.1 cm³/mol. The van der Waals surface area contributed by atoms with Crippen LogP contribution >= 0.6 is 0 Å². The Labute approximate surface area is 123 Å². The van der Waals surface area contributed by atoms with Gasteiger partial charge in [-0.15, -0.1) is 0 Å². The number of rotatable bonds is 3. The number of imidazole rings is 1. The van der Waals surface area contributed by atoms with E-state index in [0.29, 0.717) is 5.75 Å². The van der Waals surface area contributed by atoms with Crippen LogP contribution in [0.1, 0.15) is 12.5 Å². The second-order valence-corrected chi connectivity index (χ2v) is 5.11.